The lowest BCUT2D eigenvalue weighted by molar-refractivity contribution is -0.131. The van der Waals surface area contributed by atoms with E-state index in [1.165, 1.54) is 33.5 Å². The summed E-state index contributed by atoms with van der Waals surface area (Å²) >= 11 is 0. The summed E-state index contributed by atoms with van der Waals surface area (Å²) in [6.07, 6.45) is 1.65. The van der Waals surface area contributed by atoms with Gasteiger partial charge >= 0.3 is 5.97 Å². The van der Waals surface area contributed by atoms with E-state index in [-0.39, 0.29) is 0 Å². The van der Waals surface area contributed by atoms with E-state index in [2.05, 4.69) is 5.32 Å². The summed E-state index contributed by atoms with van der Waals surface area (Å²) in [5, 5.41) is 10.9. The fourth-order valence-corrected chi connectivity index (χ4v) is 1.48. The first-order valence-corrected chi connectivity index (χ1v) is 5.53. The predicted octanol–water partition coefficient (Wildman–Crippen LogP) is 1.29. The molecule has 0 aliphatic heterocycles. The zero-order valence-electron chi connectivity index (χ0n) is 11.3. The predicted molar refractivity (Wildman–Crippen MR) is 71.5 cm³/mol. The molecule has 0 aromatic heterocycles. The standard InChI is InChI=1S/C13H15NO6/c1-18-9-6-8(7-10(19-2)13(9)20-3)14-11(15)4-5-12(16)17/h4-7H,1-3H3,(H,14,15)(H,16,17). The Morgan fingerprint density at radius 3 is 2.00 bits per heavy atom. The van der Waals surface area contributed by atoms with E-state index < -0.39 is 11.9 Å². The molecule has 1 amide bonds. The molecular weight excluding hydrogens is 266 g/mol. The number of methoxy groups -OCH3 is 3. The van der Waals surface area contributed by atoms with Crippen LogP contribution in [0.3, 0.4) is 0 Å². The quantitative estimate of drug-likeness (QED) is 0.763. The van der Waals surface area contributed by atoms with Crippen LogP contribution in [0.1, 0.15) is 0 Å². The van der Waals surface area contributed by atoms with Gasteiger partial charge < -0.3 is 24.6 Å². The third kappa shape index (κ3) is 3.91. The zero-order valence-corrected chi connectivity index (χ0v) is 11.3. The number of hydrogen-bond donors (Lipinski definition) is 2. The minimum Gasteiger partial charge on any atom is -0.493 e. The van der Waals surface area contributed by atoms with Gasteiger partial charge in [-0.3, -0.25) is 4.79 Å². The van der Waals surface area contributed by atoms with Crippen molar-refractivity contribution in [2.45, 2.75) is 0 Å². The van der Waals surface area contributed by atoms with Gasteiger partial charge in [0.05, 0.1) is 21.3 Å². The second-order valence-corrected chi connectivity index (χ2v) is 3.57. The van der Waals surface area contributed by atoms with Gasteiger partial charge in [-0.15, -0.1) is 0 Å². The minimum absolute atomic E-state index is 0.379. The van der Waals surface area contributed by atoms with Crippen LogP contribution in [0.15, 0.2) is 24.3 Å². The van der Waals surface area contributed by atoms with Crippen molar-refractivity contribution >= 4 is 17.6 Å². The smallest absolute Gasteiger partial charge is 0.328 e. The van der Waals surface area contributed by atoms with Crippen LogP contribution in [0.4, 0.5) is 5.69 Å². The molecule has 1 aromatic carbocycles. The van der Waals surface area contributed by atoms with Gasteiger partial charge in [0.1, 0.15) is 0 Å². The first-order chi connectivity index (χ1) is 9.51. The molecule has 0 spiro atoms. The summed E-state index contributed by atoms with van der Waals surface area (Å²) in [5.41, 5.74) is 0.388. The Morgan fingerprint density at radius 1 is 1.05 bits per heavy atom. The second kappa shape index (κ2) is 7.03. The van der Waals surface area contributed by atoms with E-state index in [1.807, 2.05) is 0 Å². The number of carboxylic acid groups (broad SMARTS) is 1. The molecule has 0 heterocycles. The maximum absolute atomic E-state index is 11.5. The highest BCUT2D eigenvalue weighted by atomic mass is 16.5. The van der Waals surface area contributed by atoms with Gasteiger partial charge in [0.2, 0.25) is 11.7 Å². The van der Waals surface area contributed by atoms with Crippen molar-refractivity contribution in [3.63, 3.8) is 0 Å². The molecule has 0 saturated heterocycles. The normalized spacial score (nSPS) is 10.2. The monoisotopic (exact) mass is 281 g/mol. The van der Waals surface area contributed by atoms with Gasteiger partial charge in [0, 0.05) is 30.0 Å². The Bertz CT molecular complexity index is 513. The average molecular weight is 281 g/mol. The summed E-state index contributed by atoms with van der Waals surface area (Å²) in [5.74, 6) is -0.630. The number of benzene rings is 1. The van der Waals surface area contributed by atoms with Crippen LogP contribution < -0.4 is 19.5 Å². The van der Waals surface area contributed by atoms with E-state index in [9.17, 15) is 9.59 Å². The molecule has 0 radical (unpaired) electrons. The summed E-state index contributed by atoms with van der Waals surface area (Å²) in [6, 6.07) is 3.07. The first-order valence-electron chi connectivity index (χ1n) is 5.53. The van der Waals surface area contributed by atoms with Crippen LogP contribution in [0, 0.1) is 0 Å². The minimum atomic E-state index is -1.20. The number of carbonyl (C=O) groups excluding carboxylic acids is 1. The molecule has 0 saturated carbocycles. The fraction of sp³-hybridized carbons (Fsp3) is 0.231. The molecule has 0 fully saturated rings. The molecule has 0 unspecified atom stereocenters. The van der Waals surface area contributed by atoms with Gasteiger partial charge in [-0.2, -0.15) is 0 Å². The van der Waals surface area contributed by atoms with E-state index >= 15 is 0 Å². The number of rotatable bonds is 6. The highest BCUT2D eigenvalue weighted by molar-refractivity contribution is 6.02. The topological polar surface area (TPSA) is 94.1 Å². The molecular formula is C13H15NO6. The second-order valence-electron chi connectivity index (χ2n) is 3.57. The lowest BCUT2D eigenvalue weighted by Gasteiger charge is -2.14. The van der Waals surface area contributed by atoms with Crippen LogP contribution >= 0.6 is 0 Å². The van der Waals surface area contributed by atoms with Crippen molar-refractivity contribution in [2.75, 3.05) is 26.6 Å². The van der Waals surface area contributed by atoms with Gasteiger partial charge in [0.15, 0.2) is 11.5 Å². The van der Waals surface area contributed by atoms with E-state index in [4.69, 9.17) is 19.3 Å². The third-order valence-corrected chi connectivity index (χ3v) is 2.31. The molecule has 0 bridgehead atoms. The molecule has 7 nitrogen and oxygen atoms in total. The Labute approximate surface area is 115 Å². The Balaban J connectivity index is 3.02. The SMILES string of the molecule is COc1cc(NC(=O)C=CC(=O)O)cc(OC)c1OC. The third-order valence-electron chi connectivity index (χ3n) is 2.31. The van der Waals surface area contributed by atoms with Crippen LogP contribution in [0.5, 0.6) is 17.2 Å². The lowest BCUT2D eigenvalue weighted by Crippen LogP contribution is -2.09. The Morgan fingerprint density at radius 2 is 1.60 bits per heavy atom. The molecule has 0 aliphatic rings. The average Bonchev–Trinajstić information content (AvgIpc) is 2.43. The molecule has 0 aliphatic carbocycles. The van der Waals surface area contributed by atoms with Gasteiger partial charge in [-0.1, -0.05) is 0 Å². The maximum Gasteiger partial charge on any atom is 0.328 e. The number of nitrogens with one attached hydrogen (secondary N) is 1. The van der Waals surface area contributed by atoms with E-state index in [0.717, 1.165) is 12.2 Å². The van der Waals surface area contributed by atoms with Gasteiger partial charge in [0.25, 0.3) is 0 Å². The number of hydrogen-bond acceptors (Lipinski definition) is 5. The van der Waals surface area contributed by atoms with Crippen LogP contribution in [0.2, 0.25) is 0 Å². The van der Waals surface area contributed by atoms with Gasteiger partial charge in [-0.25, -0.2) is 4.79 Å². The number of aliphatic carboxylic acids is 1. The molecule has 1 rings (SSSR count). The fourth-order valence-electron chi connectivity index (χ4n) is 1.48. The number of ether oxygens (including phenoxy) is 3. The van der Waals surface area contributed by atoms with Crippen molar-refractivity contribution in [3.05, 3.63) is 24.3 Å². The molecule has 1 aromatic rings. The summed E-state index contributed by atoms with van der Waals surface area (Å²) < 4.78 is 15.4. The molecule has 7 heteroatoms. The molecule has 2 N–H and O–H groups in total. The first kappa shape index (κ1) is 15.4. The van der Waals surface area contributed by atoms with Crippen molar-refractivity contribution in [2.24, 2.45) is 0 Å². The summed E-state index contributed by atoms with van der Waals surface area (Å²) in [6.45, 7) is 0. The number of anilines is 1. The zero-order chi connectivity index (χ0) is 15.1. The van der Waals surface area contributed by atoms with Crippen LogP contribution in [0.25, 0.3) is 0 Å². The highest BCUT2D eigenvalue weighted by Gasteiger charge is 2.13. The number of carboxylic acids is 1. The summed E-state index contributed by atoms with van der Waals surface area (Å²) in [7, 11) is 4.37. The number of amides is 1. The lowest BCUT2D eigenvalue weighted by atomic mass is 10.2. The van der Waals surface area contributed by atoms with Crippen molar-refractivity contribution in [3.8, 4) is 17.2 Å². The van der Waals surface area contributed by atoms with Crippen molar-refractivity contribution in [1.82, 2.24) is 0 Å². The van der Waals surface area contributed by atoms with Crippen molar-refractivity contribution < 1.29 is 28.9 Å². The molecule has 108 valence electrons. The Kier molecular flexibility index (Phi) is 5.40. The van der Waals surface area contributed by atoms with E-state index in [0.29, 0.717) is 22.9 Å². The number of carbonyl (C=O) groups is 2. The highest BCUT2D eigenvalue weighted by Crippen LogP contribution is 2.39. The maximum atomic E-state index is 11.5. The van der Waals surface area contributed by atoms with Crippen LogP contribution in [-0.4, -0.2) is 38.3 Å². The largest absolute Gasteiger partial charge is 0.493 e. The summed E-state index contributed by atoms with van der Waals surface area (Å²) in [4.78, 5) is 21.8. The van der Waals surface area contributed by atoms with E-state index in [1.54, 1.807) is 0 Å². The van der Waals surface area contributed by atoms with Crippen LogP contribution in [-0.2, 0) is 9.59 Å². The Hall–Kier alpha value is -2.70. The van der Waals surface area contributed by atoms with Gasteiger partial charge in [-0.05, 0) is 0 Å². The van der Waals surface area contributed by atoms with Crippen molar-refractivity contribution in [1.29, 1.82) is 0 Å². The molecule has 0 atom stereocenters. The molecule has 20 heavy (non-hydrogen) atoms.